The minimum atomic E-state index is -0.0657. The van der Waals surface area contributed by atoms with Gasteiger partial charge in [0.25, 0.3) is 0 Å². The Balaban J connectivity index is 2.01. The number of hydrogen-bond acceptors (Lipinski definition) is 3. The zero-order chi connectivity index (χ0) is 19.3. The Morgan fingerprint density at radius 1 is 1.35 bits per heavy atom. The van der Waals surface area contributed by atoms with E-state index in [0.717, 1.165) is 12.8 Å². The lowest BCUT2D eigenvalue weighted by Crippen LogP contribution is -2.42. The van der Waals surface area contributed by atoms with E-state index in [1.54, 1.807) is 23.7 Å². The first-order valence-electron chi connectivity index (χ1n) is 9.38. The van der Waals surface area contributed by atoms with Crippen LogP contribution < -0.4 is 5.32 Å². The lowest BCUT2D eigenvalue weighted by Gasteiger charge is -2.26. The smallest absolute Gasteiger partial charge is 0.317 e. The zero-order valence-corrected chi connectivity index (χ0v) is 17.3. The molecule has 1 fully saturated rings. The summed E-state index contributed by atoms with van der Waals surface area (Å²) in [6.45, 7) is 9.36. The SMILES string of the molecule is CC[C@H]1S[C@H](c2ccccc2C)N(CCCN(C)C(=O)NC(C)C)C1=O. The van der Waals surface area contributed by atoms with Crippen molar-refractivity contribution < 1.29 is 9.59 Å². The van der Waals surface area contributed by atoms with Gasteiger partial charge in [-0.15, -0.1) is 11.8 Å². The van der Waals surface area contributed by atoms with E-state index in [2.05, 4.69) is 31.3 Å². The molecule has 3 amide bonds. The molecule has 2 atom stereocenters. The van der Waals surface area contributed by atoms with Crippen molar-refractivity contribution in [2.45, 2.75) is 57.2 Å². The third-order valence-electron chi connectivity index (χ3n) is 4.61. The Hall–Kier alpha value is -1.69. The molecule has 1 aliphatic heterocycles. The molecule has 1 aliphatic rings. The molecule has 0 unspecified atom stereocenters. The quantitative estimate of drug-likeness (QED) is 0.787. The van der Waals surface area contributed by atoms with Gasteiger partial charge in [0.05, 0.1) is 5.25 Å². The summed E-state index contributed by atoms with van der Waals surface area (Å²) in [5, 5.41) is 2.99. The number of rotatable bonds is 7. The molecule has 6 heteroatoms. The first-order valence-corrected chi connectivity index (χ1v) is 10.3. The van der Waals surface area contributed by atoms with E-state index < -0.39 is 0 Å². The maximum Gasteiger partial charge on any atom is 0.317 e. The molecule has 1 aromatic carbocycles. The van der Waals surface area contributed by atoms with Crippen LogP contribution in [0.5, 0.6) is 0 Å². The number of benzene rings is 1. The highest BCUT2D eigenvalue weighted by atomic mass is 32.2. The Bertz CT molecular complexity index is 635. The van der Waals surface area contributed by atoms with Gasteiger partial charge in [0.1, 0.15) is 5.37 Å². The van der Waals surface area contributed by atoms with Gasteiger partial charge in [-0.25, -0.2) is 4.79 Å². The summed E-state index contributed by atoms with van der Waals surface area (Å²) in [5.74, 6) is 0.222. The molecule has 1 heterocycles. The largest absolute Gasteiger partial charge is 0.336 e. The Kier molecular flexibility index (Phi) is 7.38. The first kappa shape index (κ1) is 20.6. The Labute approximate surface area is 161 Å². The van der Waals surface area contributed by atoms with Crippen molar-refractivity contribution in [3.05, 3.63) is 35.4 Å². The number of carbonyl (C=O) groups is 2. The van der Waals surface area contributed by atoms with Crippen LogP contribution in [0.15, 0.2) is 24.3 Å². The summed E-state index contributed by atoms with van der Waals surface area (Å²) in [4.78, 5) is 28.5. The van der Waals surface area contributed by atoms with E-state index in [1.807, 2.05) is 30.9 Å². The van der Waals surface area contributed by atoms with Crippen molar-refractivity contribution in [2.75, 3.05) is 20.1 Å². The normalized spacial score (nSPS) is 19.9. The van der Waals surface area contributed by atoms with Crippen LogP contribution in [-0.4, -0.2) is 53.2 Å². The summed E-state index contributed by atoms with van der Waals surface area (Å²) in [6.07, 6.45) is 1.62. The summed E-state index contributed by atoms with van der Waals surface area (Å²) in [5.41, 5.74) is 2.43. The molecule has 1 saturated heterocycles. The van der Waals surface area contributed by atoms with Crippen LogP contribution in [-0.2, 0) is 4.79 Å². The van der Waals surface area contributed by atoms with Gasteiger partial charge in [0, 0.05) is 26.2 Å². The van der Waals surface area contributed by atoms with Crippen LogP contribution in [0.25, 0.3) is 0 Å². The number of nitrogens with one attached hydrogen (secondary N) is 1. The molecule has 0 saturated carbocycles. The average Bonchev–Trinajstić information content (AvgIpc) is 2.90. The van der Waals surface area contributed by atoms with E-state index in [0.29, 0.717) is 13.1 Å². The van der Waals surface area contributed by atoms with E-state index in [1.165, 1.54) is 11.1 Å². The first-order chi connectivity index (χ1) is 12.3. The van der Waals surface area contributed by atoms with E-state index in [-0.39, 0.29) is 28.6 Å². The molecule has 0 spiro atoms. The summed E-state index contributed by atoms with van der Waals surface area (Å²) in [7, 11) is 1.80. The van der Waals surface area contributed by atoms with Gasteiger partial charge in [0.15, 0.2) is 0 Å². The van der Waals surface area contributed by atoms with Crippen molar-refractivity contribution in [1.29, 1.82) is 0 Å². The van der Waals surface area contributed by atoms with Crippen molar-refractivity contribution >= 4 is 23.7 Å². The fourth-order valence-electron chi connectivity index (χ4n) is 3.13. The van der Waals surface area contributed by atoms with Crippen LogP contribution in [0.3, 0.4) is 0 Å². The second kappa shape index (κ2) is 9.31. The highest BCUT2D eigenvalue weighted by molar-refractivity contribution is 8.01. The molecule has 0 aromatic heterocycles. The number of thioether (sulfide) groups is 1. The third-order valence-corrected chi connectivity index (χ3v) is 6.24. The summed E-state index contributed by atoms with van der Waals surface area (Å²) < 4.78 is 0. The highest BCUT2D eigenvalue weighted by Crippen LogP contribution is 2.45. The molecule has 1 N–H and O–H groups in total. The average molecular weight is 378 g/mol. The summed E-state index contributed by atoms with van der Waals surface area (Å²) >= 11 is 1.75. The Morgan fingerprint density at radius 3 is 2.65 bits per heavy atom. The lowest BCUT2D eigenvalue weighted by molar-refractivity contribution is -0.130. The van der Waals surface area contributed by atoms with Crippen LogP contribution in [0.2, 0.25) is 0 Å². The van der Waals surface area contributed by atoms with Crippen molar-refractivity contribution in [3.63, 3.8) is 0 Å². The number of amides is 3. The molecule has 5 nitrogen and oxygen atoms in total. The third kappa shape index (κ3) is 4.93. The molecular formula is C20H31N3O2S. The maximum absolute atomic E-state index is 12.8. The fourth-order valence-corrected chi connectivity index (χ4v) is 4.65. The van der Waals surface area contributed by atoms with Crippen LogP contribution >= 0.6 is 11.8 Å². The molecular weight excluding hydrogens is 346 g/mol. The Morgan fingerprint density at radius 2 is 2.04 bits per heavy atom. The number of aryl methyl sites for hydroxylation is 1. The molecule has 2 rings (SSSR count). The number of urea groups is 1. The van der Waals surface area contributed by atoms with Gasteiger partial charge in [-0.2, -0.15) is 0 Å². The zero-order valence-electron chi connectivity index (χ0n) is 16.5. The molecule has 26 heavy (non-hydrogen) atoms. The molecule has 1 aromatic rings. The van der Waals surface area contributed by atoms with Crippen LogP contribution in [0.4, 0.5) is 4.79 Å². The van der Waals surface area contributed by atoms with Gasteiger partial charge in [-0.3, -0.25) is 4.79 Å². The van der Waals surface area contributed by atoms with E-state index >= 15 is 0 Å². The van der Waals surface area contributed by atoms with Crippen LogP contribution in [0.1, 0.15) is 50.1 Å². The molecule has 0 radical (unpaired) electrons. The maximum atomic E-state index is 12.8. The fraction of sp³-hybridized carbons (Fsp3) is 0.600. The van der Waals surface area contributed by atoms with Gasteiger partial charge < -0.3 is 15.1 Å². The van der Waals surface area contributed by atoms with Gasteiger partial charge in [-0.05, 0) is 44.7 Å². The van der Waals surface area contributed by atoms with Gasteiger partial charge >= 0.3 is 6.03 Å². The number of carbonyl (C=O) groups excluding carboxylic acids is 2. The van der Waals surface area contributed by atoms with Crippen molar-refractivity contribution in [2.24, 2.45) is 0 Å². The van der Waals surface area contributed by atoms with Gasteiger partial charge in [0.2, 0.25) is 5.91 Å². The number of hydrogen-bond donors (Lipinski definition) is 1. The second-order valence-electron chi connectivity index (χ2n) is 7.15. The summed E-state index contributed by atoms with van der Waals surface area (Å²) in [6, 6.07) is 8.34. The van der Waals surface area contributed by atoms with Crippen LogP contribution in [0, 0.1) is 6.92 Å². The molecule has 0 bridgehead atoms. The predicted octanol–water partition coefficient (Wildman–Crippen LogP) is 3.79. The van der Waals surface area contributed by atoms with Crippen molar-refractivity contribution in [1.82, 2.24) is 15.1 Å². The van der Waals surface area contributed by atoms with Crippen molar-refractivity contribution in [3.8, 4) is 0 Å². The monoisotopic (exact) mass is 377 g/mol. The number of nitrogens with zero attached hydrogens (tertiary/aromatic N) is 2. The standard InChI is InChI=1S/C20H31N3O2S/c1-6-17-18(24)23(13-9-12-22(5)20(25)21-14(2)3)19(26-17)16-11-8-7-10-15(16)4/h7-8,10-11,14,17,19H,6,9,12-13H2,1-5H3,(H,21,25)/t17-,19-/m1/s1. The molecule has 0 aliphatic carbocycles. The molecule has 144 valence electrons. The topological polar surface area (TPSA) is 52.6 Å². The van der Waals surface area contributed by atoms with E-state index in [4.69, 9.17) is 0 Å². The second-order valence-corrected chi connectivity index (χ2v) is 8.44. The minimum absolute atomic E-state index is 0.0292. The lowest BCUT2D eigenvalue weighted by atomic mass is 10.1. The highest BCUT2D eigenvalue weighted by Gasteiger charge is 2.40. The predicted molar refractivity (Wildman–Crippen MR) is 108 cm³/mol. The van der Waals surface area contributed by atoms with E-state index in [9.17, 15) is 9.59 Å². The van der Waals surface area contributed by atoms with Gasteiger partial charge in [-0.1, -0.05) is 31.2 Å². The minimum Gasteiger partial charge on any atom is -0.336 e.